The number of aromatic amines is 1. The second-order valence-corrected chi connectivity index (χ2v) is 8.70. The van der Waals surface area contributed by atoms with Crippen LogP contribution in [-0.2, 0) is 16.7 Å². The zero-order chi connectivity index (χ0) is 20.9. The minimum Gasteiger partial charge on any atom is -0.493 e. The van der Waals surface area contributed by atoms with Crippen LogP contribution in [0.1, 0.15) is 15.9 Å². The first-order chi connectivity index (χ1) is 13.7. The number of carbonyl (C=O) groups is 1. The van der Waals surface area contributed by atoms with Gasteiger partial charge < -0.3 is 24.1 Å². The van der Waals surface area contributed by atoms with E-state index in [2.05, 4.69) is 10.3 Å². The van der Waals surface area contributed by atoms with Crippen molar-refractivity contribution in [1.82, 2.24) is 10.3 Å². The molecule has 1 aliphatic heterocycles. The summed E-state index contributed by atoms with van der Waals surface area (Å²) in [5, 5.41) is 3.73. The standard InChI is InChI=1S/C20H21N3O5S/c1-23(2)12-5-6-15-11(7-12)8-16(22-15)13-9-17(27-3)19(28-29(4,25)26)14-10-21-20(24)18(13)14/h5-9,22H,10H2,1-4H3,(H,21,24). The average Bonchev–Trinajstić information content (AvgIpc) is 3.24. The molecular weight excluding hydrogens is 394 g/mol. The third-order valence-corrected chi connectivity index (χ3v) is 5.33. The number of ether oxygens (including phenoxy) is 1. The molecule has 2 heterocycles. The number of amides is 1. The van der Waals surface area contributed by atoms with E-state index in [9.17, 15) is 13.2 Å². The first-order valence-corrected chi connectivity index (χ1v) is 10.7. The minimum atomic E-state index is -3.79. The molecule has 9 heteroatoms. The highest BCUT2D eigenvalue weighted by atomic mass is 32.2. The van der Waals surface area contributed by atoms with Crippen LogP contribution in [0.2, 0.25) is 0 Å². The quantitative estimate of drug-likeness (QED) is 0.621. The van der Waals surface area contributed by atoms with E-state index in [-0.39, 0.29) is 24.0 Å². The summed E-state index contributed by atoms with van der Waals surface area (Å²) in [7, 11) is 1.58. The number of aromatic nitrogens is 1. The van der Waals surface area contributed by atoms with Crippen molar-refractivity contribution in [2.24, 2.45) is 0 Å². The van der Waals surface area contributed by atoms with Crippen LogP contribution in [0.4, 0.5) is 5.69 Å². The summed E-state index contributed by atoms with van der Waals surface area (Å²) in [6.07, 6.45) is 0.955. The van der Waals surface area contributed by atoms with E-state index in [1.807, 2.05) is 43.3 Å². The Kier molecular flexibility index (Phi) is 4.42. The molecule has 0 radical (unpaired) electrons. The lowest BCUT2D eigenvalue weighted by molar-refractivity contribution is 0.0966. The predicted molar refractivity (Wildman–Crippen MR) is 111 cm³/mol. The van der Waals surface area contributed by atoms with E-state index in [4.69, 9.17) is 8.92 Å². The number of carbonyl (C=O) groups excluding carboxylic acids is 1. The van der Waals surface area contributed by atoms with Crippen molar-refractivity contribution in [3.63, 3.8) is 0 Å². The Bertz CT molecular complexity index is 1240. The van der Waals surface area contributed by atoms with Crippen LogP contribution in [0.15, 0.2) is 30.3 Å². The Hall–Kier alpha value is -3.20. The molecule has 1 amide bonds. The summed E-state index contributed by atoms with van der Waals surface area (Å²) in [5.74, 6) is -0.00458. The monoisotopic (exact) mass is 415 g/mol. The first-order valence-electron chi connectivity index (χ1n) is 8.90. The Morgan fingerprint density at radius 2 is 1.90 bits per heavy atom. The molecule has 3 aromatic rings. The molecule has 0 bridgehead atoms. The molecule has 0 aliphatic carbocycles. The van der Waals surface area contributed by atoms with Gasteiger partial charge in [-0.3, -0.25) is 4.79 Å². The lowest BCUT2D eigenvalue weighted by Crippen LogP contribution is -2.13. The van der Waals surface area contributed by atoms with Gasteiger partial charge in [0.15, 0.2) is 11.5 Å². The Labute approximate surface area is 168 Å². The number of methoxy groups -OCH3 is 1. The van der Waals surface area contributed by atoms with E-state index in [0.29, 0.717) is 16.7 Å². The van der Waals surface area contributed by atoms with E-state index in [0.717, 1.165) is 28.5 Å². The Morgan fingerprint density at radius 1 is 1.14 bits per heavy atom. The molecule has 4 rings (SSSR count). The average molecular weight is 415 g/mol. The third kappa shape index (κ3) is 3.38. The van der Waals surface area contributed by atoms with Crippen molar-refractivity contribution in [2.45, 2.75) is 6.54 Å². The van der Waals surface area contributed by atoms with Crippen LogP contribution in [0, 0.1) is 0 Å². The molecule has 2 N–H and O–H groups in total. The SMILES string of the molecule is COc1cc(-c2cc3cc(N(C)C)ccc3[nH]2)c2c(c1OS(C)(=O)=O)CNC2=O. The number of H-pyrrole nitrogens is 1. The Morgan fingerprint density at radius 3 is 2.55 bits per heavy atom. The number of rotatable bonds is 5. The van der Waals surface area contributed by atoms with Gasteiger partial charge in [-0.25, -0.2) is 0 Å². The molecule has 8 nitrogen and oxygen atoms in total. The number of hydrogen-bond acceptors (Lipinski definition) is 6. The van der Waals surface area contributed by atoms with Crippen LogP contribution in [0.3, 0.4) is 0 Å². The molecule has 0 unspecified atom stereocenters. The van der Waals surface area contributed by atoms with Crippen molar-refractivity contribution < 1.29 is 22.1 Å². The number of nitrogens with one attached hydrogen (secondary N) is 2. The molecule has 0 saturated heterocycles. The smallest absolute Gasteiger partial charge is 0.306 e. The minimum absolute atomic E-state index is 0.0399. The summed E-state index contributed by atoms with van der Waals surface area (Å²) < 4.78 is 34.0. The third-order valence-electron chi connectivity index (χ3n) is 4.86. The fourth-order valence-electron chi connectivity index (χ4n) is 3.53. The van der Waals surface area contributed by atoms with E-state index in [1.54, 1.807) is 6.07 Å². The van der Waals surface area contributed by atoms with Gasteiger partial charge in [0.2, 0.25) is 0 Å². The molecule has 0 fully saturated rings. The van der Waals surface area contributed by atoms with Gasteiger partial charge in [-0.2, -0.15) is 8.42 Å². The molecule has 2 aromatic carbocycles. The lowest BCUT2D eigenvalue weighted by Gasteiger charge is -2.15. The van der Waals surface area contributed by atoms with Crippen LogP contribution in [0.25, 0.3) is 22.2 Å². The van der Waals surface area contributed by atoms with Gasteiger partial charge in [-0.05, 0) is 30.3 Å². The largest absolute Gasteiger partial charge is 0.493 e. The van der Waals surface area contributed by atoms with Gasteiger partial charge in [0.05, 0.1) is 18.9 Å². The molecule has 0 atom stereocenters. The summed E-state index contributed by atoms with van der Waals surface area (Å²) in [6, 6.07) is 9.62. The number of nitrogens with zero attached hydrogens (tertiary/aromatic N) is 1. The predicted octanol–water partition coefficient (Wildman–Crippen LogP) is 2.49. The number of fused-ring (bicyclic) bond motifs is 2. The first kappa shape index (κ1) is 19.1. The van der Waals surface area contributed by atoms with Crippen molar-refractivity contribution >= 4 is 32.6 Å². The van der Waals surface area contributed by atoms with E-state index >= 15 is 0 Å². The molecule has 29 heavy (non-hydrogen) atoms. The molecular formula is C20H21N3O5S. The van der Waals surface area contributed by atoms with Crippen molar-refractivity contribution in [2.75, 3.05) is 32.4 Å². The normalized spacial score (nSPS) is 13.3. The van der Waals surface area contributed by atoms with Crippen LogP contribution in [-0.4, -0.2) is 46.8 Å². The van der Waals surface area contributed by atoms with Crippen LogP contribution < -0.4 is 19.1 Å². The van der Waals surface area contributed by atoms with Crippen molar-refractivity contribution in [3.8, 4) is 22.8 Å². The van der Waals surface area contributed by atoms with Gasteiger partial charge in [-0.15, -0.1) is 0 Å². The van der Waals surface area contributed by atoms with Gasteiger partial charge >= 0.3 is 10.1 Å². The van der Waals surface area contributed by atoms with Gasteiger partial charge in [0.25, 0.3) is 5.91 Å². The highest BCUT2D eigenvalue weighted by molar-refractivity contribution is 7.86. The summed E-state index contributed by atoms with van der Waals surface area (Å²) in [6.45, 7) is 0.161. The van der Waals surface area contributed by atoms with E-state index < -0.39 is 10.1 Å². The maximum absolute atomic E-state index is 12.6. The van der Waals surface area contributed by atoms with Crippen molar-refractivity contribution in [1.29, 1.82) is 0 Å². The second-order valence-electron chi connectivity index (χ2n) is 7.13. The fourth-order valence-corrected chi connectivity index (χ4v) is 4.01. The molecule has 1 aliphatic rings. The Balaban J connectivity index is 1.94. The summed E-state index contributed by atoms with van der Waals surface area (Å²) in [5.41, 5.74) is 4.17. The van der Waals surface area contributed by atoms with Gasteiger partial charge in [0, 0.05) is 54.1 Å². The van der Waals surface area contributed by atoms with Crippen LogP contribution >= 0.6 is 0 Å². The molecule has 0 saturated carbocycles. The summed E-state index contributed by atoms with van der Waals surface area (Å²) >= 11 is 0. The van der Waals surface area contributed by atoms with Crippen LogP contribution in [0.5, 0.6) is 11.5 Å². The zero-order valence-electron chi connectivity index (χ0n) is 16.5. The van der Waals surface area contributed by atoms with E-state index in [1.165, 1.54) is 7.11 Å². The molecule has 1 aromatic heterocycles. The summed E-state index contributed by atoms with van der Waals surface area (Å²) in [4.78, 5) is 17.9. The lowest BCUT2D eigenvalue weighted by atomic mass is 9.98. The number of hydrogen-bond donors (Lipinski definition) is 2. The van der Waals surface area contributed by atoms with Crippen molar-refractivity contribution in [3.05, 3.63) is 41.5 Å². The highest BCUT2D eigenvalue weighted by Crippen LogP contribution is 2.43. The highest BCUT2D eigenvalue weighted by Gasteiger charge is 2.31. The number of anilines is 1. The molecule has 0 spiro atoms. The fraction of sp³-hybridized carbons (Fsp3) is 0.250. The second kappa shape index (κ2) is 6.70. The van der Waals surface area contributed by atoms with Gasteiger partial charge in [-0.1, -0.05) is 0 Å². The molecule has 152 valence electrons. The van der Waals surface area contributed by atoms with Gasteiger partial charge in [0.1, 0.15) is 0 Å². The zero-order valence-corrected chi connectivity index (χ0v) is 17.3. The topological polar surface area (TPSA) is 101 Å². The maximum Gasteiger partial charge on any atom is 0.306 e. The number of benzene rings is 2. The maximum atomic E-state index is 12.6.